The molecule has 0 saturated carbocycles. The smallest absolute Gasteiger partial charge is 0.336 e. The highest BCUT2D eigenvalue weighted by Gasteiger charge is 2.15. The van der Waals surface area contributed by atoms with Crippen LogP contribution < -0.4 is 11.4 Å². The van der Waals surface area contributed by atoms with Crippen LogP contribution in [0.3, 0.4) is 0 Å². The van der Waals surface area contributed by atoms with Crippen molar-refractivity contribution in [3.63, 3.8) is 0 Å². The maximum Gasteiger partial charge on any atom is 0.336 e. The Morgan fingerprint density at radius 3 is 3.04 bits per heavy atom. The molecule has 1 aliphatic rings. The van der Waals surface area contributed by atoms with Gasteiger partial charge >= 0.3 is 5.63 Å². The van der Waals surface area contributed by atoms with E-state index in [0.717, 1.165) is 36.0 Å². The number of ether oxygens (including phenoxy) is 1. The van der Waals surface area contributed by atoms with Crippen LogP contribution in [-0.2, 0) is 10.5 Å². The number of hydrogen-bond donors (Lipinski definition) is 1. The van der Waals surface area contributed by atoms with E-state index in [4.69, 9.17) is 26.5 Å². The normalized spacial score (nSPS) is 18.4. The fraction of sp³-hybridized carbons (Fsp3) is 0.412. The number of thioether (sulfide) groups is 1. The van der Waals surface area contributed by atoms with Gasteiger partial charge < -0.3 is 14.9 Å². The number of aliphatic imine (C=N–C) groups is 1. The zero-order valence-corrected chi connectivity index (χ0v) is 15.0. The summed E-state index contributed by atoms with van der Waals surface area (Å²) in [6.45, 7) is 3.26. The summed E-state index contributed by atoms with van der Waals surface area (Å²) in [6.07, 6.45) is 2.29. The molecule has 2 N–H and O–H groups in total. The van der Waals surface area contributed by atoms with Gasteiger partial charge in [-0.05, 0) is 43.0 Å². The van der Waals surface area contributed by atoms with Crippen molar-refractivity contribution in [2.24, 2.45) is 10.7 Å². The fourth-order valence-electron chi connectivity index (χ4n) is 2.65. The molecule has 2 heterocycles. The number of nitrogens with two attached hydrogens (primary N) is 1. The van der Waals surface area contributed by atoms with Crippen molar-refractivity contribution in [3.8, 4) is 0 Å². The minimum absolute atomic E-state index is 0.176. The van der Waals surface area contributed by atoms with Gasteiger partial charge in [-0.15, -0.1) is 0 Å². The van der Waals surface area contributed by atoms with Crippen LogP contribution in [0, 0.1) is 6.92 Å². The van der Waals surface area contributed by atoms with Crippen LogP contribution in [0.4, 0.5) is 0 Å². The first kappa shape index (κ1) is 17.3. The molecule has 24 heavy (non-hydrogen) atoms. The monoisotopic (exact) mass is 366 g/mol. The van der Waals surface area contributed by atoms with E-state index < -0.39 is 0 Å². The van der Waals surface area contributed by atoms with Crippen molar-refractivity contribution >= 4 is 39.5 Å². The van der Waals surface area contributed by atoms with Gasteiger partial charge in [-0.25, -0.2) is 4.79 Å². The summed E-state index contributed by atoms with van der Waals surface area (Å²) in [5, 5.41) is 1.96. The second kappa shape index (κ2) is 7.59. The number of fused-ring (bicyclic) bond motifs is 1. The Morgan fingerprint density at radius 2 is 2.29 bits per heavy atom. The van der Waals surface area contributed by atoms with Crippen LogP contribution in [-0.4, -0.2) is 24.4 Å². The number of aryl methyl sites for hydroxylation is 1. The van der Waals surface area contributed by atoms with E-state index in [9.17, 15) is 4.79 Å². The molecule has 3 rings (SSSR count). The molecule has 0 aliphatic carbocycles. The Bertz CT molecular complexity index is 828. The summed E-state index contributed by atoms with van der Waals surface area (Å²) >= 11 is 7.59. The van der Waals surface area contributed by atoms with Crippen LogP contribution in [0.15, 0.2) is 32.4 Å². The first-order valence-electron chi connectivity index (χ1n) is 7.80. The van der Waals surface area contributed by atoms with Crippen molar-refractivity contribution in [3.05, 3.63) is 44.8 Å². The molecule has 0 bridgehead atoms. The van der Waals surface area contributed by atoms with Gasteiger partial charge in [0.05, 0.1) is 12.6 Å². The van der Waals surface area contributed by atoms with Gasteiger partial charge in [0.25, 0.3) is 0 Å². The topological polar surface area (TPSA) is 77.8 Å². The predicted molar refractivity (Wildman–Crippen MR) is 99.0 cm³/mol. The molecule has 0 unspecified atom stereocenters. The highest BCUT2D eigenvalue weighted by Crippen LogP contribution is 2.27. The van der Waals surface area contributed by atoms with Gasteiger partial charge in [0, 0.05) is 28.8 Å². The second-order valence-corrected chi connectivity index (χ2v) is 7.19. The average Bonchev–Trinajstić information content (AvgIpc) is 3.06. The van der Waals surface area contributed by atoms with E-state index in [0.29, 0.717) is 28.1 Å². The van der Waals surface area contributed by atoms with Gasteiger partial charge in [0.1, 0.15) is 5.58 Å². The summed E-state index contributed by atoms with van der Waals surface area (Å²) in [5.74, 6) is 0.530. The molecule has 1 fully saturated rings. The van der Waals surface area contributed by atoms with Gasteiger partial charge in [0.2, 0.25) is 0 Å². The van der Waals surface area contributed by atoms with E-state index in [1.54, 1.807) is 6.07 Å². The highest BCUT2D eigenvalue weighted by atomic mass is 35.5. The molecule has 1 aromatic heterocycles. The molecule has 1 saturated heterocycles. The van der Waals surface area contributed by atoms with Crippen molar-refractivity contribution in [1.29, 1.82) is 0 Å². The molecule has 0 radical (unpaired) electrons. The maximum atomic E-state index is 11.8. The summed E-state index contributed by atoms with van der Waals surface area (Å²) in [5.41, 5.74) is 7.83. The summed E-state index contributed by atoms with van der Waals surface area (Å²) in [4.78, 5) is 16.1. The SMILES string of the molecule is Cc1cc2oc(=O)cc(CSC(N)=NC[C@@H]3CCCO3)c2cc1Cl. The number of amidine groups is 1. The Balaban J connectivity index is 1.75. The Kier molecular flexibility index (Phi) is 5.48. The fourth-order valence-corrected chi connectivity index (χ4v) is 3.52. The lowest BCUT2D eigenvalue weighted by atomic mass is 10.1. The lowest BCUT2D eigenvalue weighted by Gasteiger charge is -2.08. The maximum absolute atomic E-state index is 11.8. The Morgan fingerprint density at radius 1 is 1.46 bits per heavy atom. The molecule has 2 aromatic rings. The number of benzene rings is 1. The van der Waals surface area contributed by atoms with Crippen LogP contribution >= 0.6 is 23.4 Å². The Labute approximate surface area is 149 Å². The van der Waals surface area contributed by atoms with E-state index >= 15 is 0 Å². The first-order valence-corrected chi connectivity index (χ1v) is 9.16. The molecular formula is C17H19ClN2O3S. The minimum Gasteiger partial charge on any atom is -0.423 e. The summed E-state index contributed by atoms with van der Waals surface area (Å²) < 4.78 is 10.8. The summed E-state index contributed by atoms with van der Waals surface area (Å²) in [7, 11) is 0. The highest BCUT2D eigenvalue weighted by molar-refractivity contribution is 8.13. The third-order valence-corrected chi connectivity index (χ3v) is 5.25. The van der Waals surface area contributed by atoms with Crippen molar-refractivity contribution < 1.29 is 9.15 Å². The van der Waals surface area contributed by atoms with Crippen LogP contribution in [0.2, 0.25) is 5.02 Å². The molecule has 5 nitrogen and oxygen atoms in total. The summed E-state index contributed by atoms with van der Waals surface area (Å²) in [6, 6.07) is 5.08. The van der Waals surface area contributed by atoms with Crippen molar-refractivity contribution in [2.45, 2.75) is 31.6 Å². The zero-order valence-electron chi connectivity index (χ0n) is 13.4. The van der Waals surface area contributed by atoms with E-state index in [2.05, 4.69) is 4.99 Å². The van der Waals surface area contributed by atoms with Crippen molar-refractivity contribution in [2.75, 3.05) is 13.2 Å². The van der Waals surface area contributed by atoms with Gasteiger partial charge in [-0.3, -0.25) is 4.99 Å². The molecule has 7 heteroatoms. The number of hydrogen-bond acceptors (Lipinski definition) is 5. The minimum atomic E-state index is -0.380. The molecule has 1 aliphatic heterocycles. The number of nitrogens with zero attached hydrogens (tertiary/aromatic N) is 1. The first-order chi connectivity index (χ1) is 11.5. The van der Waals surface area contributed by atoms with Gasteiger partial charge in [-0.2, -0.15) is 0 Å². The zero-order chi connectivity index (χ0) is 17.1. The third-order valence-electron chi connectivity index (χ3n) is 3.96. The molecule has 128 valence electrons. The quantitative estimate of drug-likeness (QED) is 0.509. The lowest BCUT2D eigenvalue weighted by molar-refractivity contribution is 0.118. The van der Waals surface area contributed by atoms with Crippen LogP contribution in [0.25, 0.3) is 11.0 Å². The second-order valence-electron chi connectivity index (χ2n) is 5.79. The lowest BCUT2D eigenvalue weighted by Crippen LogP contribution is -2.14. The molecular weight excluding hydrogens is 348 g/mol. The third kappa shape index (κ3) is 4.12. The van der Waals surface area contributed by atoms with Crippen LogP contribution in [0.5, 0.6) is 0 Å². The standard InChI is InChI=1S/C17H19ClN2O3S/c1-10-5-15-13(7-14(10)18)11(6-16(21)23-15)9-24-17(19)20-8-12-3-2-4-22-12/h5-7,12H,2-4,8-9H2,1H3,(H2,19,20)/t12-/m0/s1. The van der Waals surface area contributed by atoms with E-state index in [1.807, 2.05) is 13.0 Å². The molecule has 1 aromatic carbocycles. The van der Waals surface area contributed by atoms with E-state index in [-0.39, 0.29) is 11.7 Å². The van der Waals surface area contributed by atoms with Crippen LogP contribution in [0.1, 0.15) is 24.0 Å². The molecule has 0 amide bonds. The number of halogens is 1. The number of rotatable bonds is 4. The van der Waals surface area contributed by atoms with Crippen molar-refractivity contribution in [1.82, 2.24) is 0 Å². The van der Waals surface area contributed by atoms with E-state index in [1.165, 1.54) is 17.8 Å². The largest absolute Gasteiger partial charge is 0.423 e. The molecule has 1 atom stereocenters. The Hall–Kier alpha value is -1.50. The molecule has 0 spiro atoms. The predicted octanol–water partition coefficient (Wildman–Crippen LogP) is 3.48. The average molecular weight is 367 g/mol. The van der Waals surface area contributed by atoms with Gasteiger partial charge in [0.15, 0.2) is 5.17 Å². The van der Waals surface area contributed by atoms with Gasteiger partial charge in [-0.1, -0.05) is 23.4 Å².